The van der Waals surface area contributed by atoms with Crippen LogP contribution in [0.25, 0.3) is 11.3 Å². The topological polar surface area (TPSA) is 81.5 Å². The van der Waals surface area contributed by atoms with Gasteiger partial charge in [0.2, 0.25) is 5.88 Å². The molecule has 6 heteroatoms. The Balaban J connectivity index is 2.56. The van der Waals surface area contributed by atoms with Crippen LogP contribution in [0.5, 0.6) is 11.5 Å². The van der Waals surface area contributed by atoms with Gasteiger partial charge in [-0.05, 0) is 6.07 Å². The summed E-state index contributed by atoms with van der Waals surface area (Å²) in [4.78, 5) is 0. The van der Waals surface area contributed by atoms with Crippen LogP contribution in [0, 0.1) is 5.82 Å². The molecule has 0 radical (unpaired) electrons. The number of rotatable bonds is 2. The minimum Gasteiger partial charge on any atom is -0.507 e. The van der Waals surface area contributed by atoms with Crippen molar-refractivity contribution in [3.63, 3.8) is 0 Å². The zero-order valence-corrected chi connectivity index (χ0v) is 8.40. The molecule has 16 heavy (non-hydrogen) atoms. The molecule has 0 aliphatic carbocycles. The summed E-state index contributed by atoms with van der Waals surface area (Å²) >= 11 is 0. The number of hydrogen-bond donors (Lipinski definition) is 2. The van der Waals surface area contributed by atoms with E-state index in [-0.39, 0.29) is 17.4 Å². The number of phenols is 1. The molecule has 2 rings (SSSR count). The quantitative estimate of drug-likeness (QED) is 0.812. The average molecular weight is 224 g/mol. The number of aromatic hydroxyl groups is 1. The van der Waals surface area contributed by atoms with Gasteiger partial charge in [0.15, 0.2) is 11.6 Å². The molecule has 1 aromatic heterocycles. The van der Waals surface area contributed by atoms with E-state index in [2.05, 4.69) is 9.68 Å². The van der Waals surface area contributed by atoms with E-state index in [9.17, 15) is 9.50 Å². The summed E-state index contributed by atoms with van der Waals surface area (Å²) in [6.45, 7) is 0. The molecule has 0 bridgehead atoms. The zero-order valence-electron chi connectivity index (χ0n) is 8.40. The molecule has 0 aliphatic rings. The van der Waals surface area contributed by atoms with E-state index in [4.69, 9.17) is 10.5 Å². The maximum absolute atomic E-state index is 13.2. The Bertz CT molecular complexity index is 525. The van der Waals surface area contributed by atoms with Crippen LogP contribution in [0.4, 0.5) is 10.3 Å². The van der Waals surface area contributed by atoms with Crippen LogP contribution in [0.2, 0.25) is 0 Å². The molecule has 84 valence electrons. The van der Waals surface area contributed by atoms with Gasteiger partial charge >= 0.3 is 0 Å². The van der Waals surface area contributed by atoms with E-state index in [1.807, 2.05) is 0 Å². The second-order valence-electron chi connectivity index (χ2n) is 3.12. The Labute approximate surface area is 90.2 Å². The van der Waals surface area contributed by atoms with Crippen LogP contribution in [0.15, 0.2) is 22.7 Å². The smallest absolute Gasteiger partial charge is 0.222 e. The van der Waals surface area contributed by atoms with Crippen molar-refractivity contribution in [2.24, 2.45) is 0 Å². The number of halogens is 1. The van der Waals surface area contributed by atoms with Crippen LogP contribution in [-0.2, 0) is 0 Å². The second kappa shape index (κ2) is 3.73. The van der Waals surface area contributed by atoms with E-state index in [0.29, 0.717) is 11.3 Å². The predicted molar refractivity (Wildman–Crippen MR) is 54.5 cm³/mol. The van der Waals surface area contributed by atoms with Gasteiger partial charge in [-0.1, -0.05) is 5.16 Å². The van der Waals surface area contributed by atoms with Crippen molar-refractivity contribution in [3.8, 4) is 22.8 Å². The Morgan fingerprint density at radius 2 is 2.19 bits per heavy atom. The van der Waals surface area contributed by atoms with Crippen LogP contribution in [0.1, 0.15) is 0 Å². The lowest BCUT2D eigenvalue weighted by molar-refractivity contribution is 0.382. The summed E-state index contributed by atoms with van der Waals surface area (Å²) in [5.74, 6) is -0.793. The summed E-state index contributed by atoms with van der Waals surface area (Å²) < 4.78 is 22.7. The highest BCUT2D eigenvalue weighted by Gasteiger charge is 2.14. The van der Waals surface area contributed by atoms with Gasteiger partial charge < -0.3 is 20.1 Å². The third-order valence-corrected chi connectivity index (χ3v) is 2.07. The van der Waals surface area contributed by atoms with Crippen molar-refractivity contribution in [2.45, 2.75) is 0 Å². The Hall–Kier alpha value is -2.24. The number of benzene rings is 1. The molecule has 0 amide bonds. The zero-order chi connectivity index (χ0) is 11.7. The van der Waals surface area contributed by atoms with Crippen molar-refractivity contribution in [1.29, 1.82) is 0 Å². The molecule has 5 nitrogen and oxygen atoms in total. The molecule has 1 heterocycles. The first-order valence-electron chi connectivity index (χ1n) is 4.41. The van der Waals surface area contributed by atoms with Crippen LogP contribution >= 0.6 is 0 Å². The van der Waals surface area contributed by atoms with E-state index >= 15 is 0 Å². The minimum absolute atomic E-state index is 0.00868. The highest BCUT2D eigenvalue weighted by molar-refractivity contribution is 5.69. The maximum atomic E-state index is 13.2. The Morgan fingerprint density at radius 1 is 1.44 bits per heavy atom. The standard InChI is InChI=1S/C10H9FN2O3/c1-15-9-2-5(8(14)3-6(9)11)7-4-10(12)16-13-7/h2-4,14H,12H2,1H3. The summed E-state index contributed by atoms with van der Waals surface area (Å²) in [5.41, 5.74) is 5.95. The van der Waals surface area contributed by atoms with Gasteiger partial charge in [0.25, 0.3) is 0 Å². The largest absolute Gasteiger partial charge is 0.507 e. The number of nitrogen functional groups attached to an aromatic ring is 1. The molecule has 3 N–H and O–H groups in total. The van der Waals surface area contributed by atoms with Crippen molar-refractivity contribution < 1.29 is 18.8 Å². The number of nitrogens with two attached hydrogens (primary N) is 1. The minimum atomic E-state index is -0.653. The number of ether oxygens (including phenoxy) is 1. The van der Waals surface area contributed by atoms with Crippen LogP contribution < -0.4 is 10.5 Å². The van der Waals surface area contributed by atoms with E-state index in [0.717, 1.165) is 6.07 Å². The number of hydrogen-bond acceptors (Lipinski definition) is 5. The van der Waals surface area contributed by atoms with Gasteiger partial charge in [-0.15, -0.1) is 0 Å². The molecule has 0 spiro atoms. The fourth-order valence-electron chi connectivity index (χ4n) is 1.32. The molecular formula is C10H9FN2O3. The predicted octanol–water partition coefficient (Wildman–Crippen LogP) is 1.78. The number of anilines is 1. The normalized spacial score (nSPS) is 10.4. The van der Waals surface area contributed by atoms with Crippen LogP contribution in [-0.4, -0.2) is 17.4 Å². The Kier molecular flexibility index (Phi) is 2.40. The average Bonchev–Trinajstić information content (AvgIpc) is 2.65. The highest BCUT2D eigenvalue weighted by Crippen LogP contribution is 2.34. The fraction of sp³-hybridized carbons (Fsp3) is 0.100. The Morgan fingerprint density at radius 3 is 2.75 bits per heavy atom. The monoisotopic (exact) mass is 224 g/mol. The second-order valence-corrected chi connectivity index (χ2v) is 3.12. The molecule has 0 aliphatic heterocycles. The van der Waals surface area contributed by atoms with Crippen molar-refractivity contribution in [2.75, 3.05) is 12.8 Å². The van der Waals surface area contributed by atoms with Gasteiger partial charge in [-0.3, -0.25) is 0 Å². The lowest BCUT2D eigenvalue weighted by Crippen LogP contribution is -1.89. The molecule has 0 saturated carbocycles. The third kappa shape index (κ3) is 1.65. The number of methoxy groups -OCH3 is 1. The van der Waals surface area contributed by atoms with Crippen molar-refractivity contribution in [1.82, 2.24) is 5.16 Å². The molecule has 2 aromatic rings. The molecular weight excluding hydrogens is 215 g/mol. The fourth-order valence-corrected chi connectivity index (χ4v) is 1.32. The van der Waals surface area contributed by atoms with Gasteiger partial charge in [-0.25, -0.2) is 4.39 Å². The number of phenolic OH excluding ortho intramolecular Hbond substituents is 1. The van der Waals surface area contributed by atoms with Crippen molar-refractivity contribution >= 4 is 5.88 Å². The van der Waals surface area contributed by atoms with E-state index in [1.54, 1.807) is 0 Å². The molecule has 0 unspecified atom stereocenters. The van der Waals surface area contributed by atoms with E-state index < -0.39 is 5.82 Å². The lowest BCUT2D eigenvalue weighted by Gasteiger charge is -2.05. The third-order valence-electron chi connectivity index (χ3n) is 2.07. The van der Waals surface area contributed by atoms with Gasteiger partial charge in [0.05, 0.1) is 7.11 Å². The molecule has 0 saturated heterocycles. The van der Waals surface area contributed by atoms with Gasteiger partial charge in [0, 0.05) is 17.7 Å². The molecule has 1 aromatic carbocycles. The number of nitrogens with zero attached hydrogens (tertiary/aromatic N) is 1. The first kappa shape index (κ1) is 10.3. The van der Waals surface area contributed by atoms with E-state index in [1.165, 1.54) is 19.2 Å². The van der Waals surface area contributed by atoms with Gasteiger partial charge in [0.1, 0.15) is 11.4 Å². The highest BCUT2D eigenvalue weighted by atomic mass is 19.1. The van der Waals surface area contributed by atoms with Crippen molar-refractivity contribution in [3.05, 3.63) is 24.0 Å². The maximum Gasteiger partial charge on any atom is 0.222 e. The summed E-state index contributed by atoms with van der Waals surface area (Å²) in [6, 6.07) is 3.69. The first-order valence-corrected chi connectivity index (χ1v) is 4.41. The SMILES string of the molecule is COc1cc(-c2cc(N)on2)c(O)cc1F. The molecule has 0 fully saturated rings. The summed E-state index contributed by atoms with van der Waals surface area (Å²) in [6.07, 6.45) is 0. The number of aromatic nitrogens is 1. The van der Waals surface area contributed by atoms with Crippen LogP contribution in [0.3, 0.4) is 0 Å². The first-order chi connectivity index (χ1) is 7.61. The molecule has 0 atom stereocenters. The summed E-state index contributed by atoms with van der Waals surface area (Å²) in [5, 5.41) is 13.2. The lowest BCUT2D eigenvalue weighted by atomic mass is 10.1. The van der Waals surface area contributed by atoms with Gasteiger partial charge in [-0.2, -0.15) is 0 Å². The summed E-state index contributed by atoms with van der Waals surface area (Å²) in [7, 11) is 1.33.